The summed E-state index contributed by atoms with van der Waals surface area (Å²) in [5, 5.41) is 2.81. The van der Waals surface area contributed by atoms with Crippen molar-refractivity contribution in [1.82, 2.24) is 10.3 Å². The molecule has 0 radical (unpaired) electrons. The first-order valence-corrected chi connectivity index (χ1v) is 8.88. The Morgan fingerprint density at radius 3 is 2.56 bits per heavy atom. The summed E-state index contributed by atoms with van der Waals surface area (Å²) in [7, 11) is 0. The Balaban J connectivity index is 1.57. The molecular formula is C20H24FN3O. The van der Waals surface area contributed by atoms with Crippen molar-refractivity contribution in [2.45, 2.75) is 39.2 Å². The van der Waals surface area contributed by atoms with Gasteiger partial charge in [-0.25, -0.2) is 9.37 Å². The maximum absolute atomic E-state index is 13.6. The molecule has 3 rings (SSSR count). The van der Waals surface area contributed by atoms with Crippen LogP contribution in [0.1, 0.15) is 47.2 Å². The molecule has 5 heteroatoms. The predicted molar refractivity (Wildman–Crippen MR) is 97.2 cm³/mol. The molecular weight excluding hydrogens is 317 g/mol. The number of rotatable bonds is 4. The fraction of sp³-hybridized carbons (Fsp3) is 0.400. The summed E-state index contributed by atoms with van der Waals surface area (Å²) < 4.78 is 13.6. The summed E-state index contributed by atoms with van der Waals surface area (Å²) in [5.41, 5.74) is 1.79. The minimum atomic E-state index is -0.365. The second-order valence-electron chi connectivity index (χ2n) is 6.57. The lowest BCUT2D eigenvalue weighted by molar-refractivity contribution is 0.0950. The van der Waals surface area contributed by atoms with E-state index in [2.05, 4.69) is 15.2 Å². The Labute approximate surface area is 148 Å². The molecule has 132 valence electrons. The summed E-state index contributed by atoms with van der Waals surface area (Å²) in [4.78, 5) is 19.0. The van der Waals surface area contributed by atoms with E-state index < -0.39 is 0 Å². The maximum Gasteiger partial charge on any atom is 0.251 e. The van der Waals surface area contributed by atoms with Crippen LogP contribution in [-0.2, 0) is 6.54 Å². The van der Waals surface area contributed by atoms with Gasteiger partial charge in [0.1, 0.15) is 11.6 Å². The quantitative estimate of drug-likeness (QED) is 0.919. The van der Waals surface area contributed by atoms with Gasteiger partial charge in [-0.1, -0.05) is 25.0 Å². The van der Waals surface area contributed by atoms with Crippen LogP contribution in [0.2, 0.25) is 0 Å². The molecule has 25 heavy (non-hydrogen) atoms. The number of anilines is 1. The van der Waals surface area contributed by atoms with E-state index in [0.717, 1.165) is 24.5 Å². The molecule has 0 spiro atoms. The predicted octanol–water partition coefficient (Wildman–Crippen LogP) is 3.84. The van der Waals surface area contributed by atoms with Gasteiger partial charge in [0.05, 0.1) is 0 Å². The number of amides is 1. The summed E-state index contributed by atoms with van der Waals surface area (Å²) in [6.07, 6.45) is 6.82. The lowest BCUT2D eigenvalue weighted by Gasteiger charge is -2.21. The van der Waals surface area contributed by atoms with Crippen LogP contribution in [0.3, 0.4) is 0 Å². The van der Waals surface area contributed by atoms with Gasteiger partial charge in [-0.05, 0) is 49.1 Å². The second-order valence-corrected chi connectivity index (χ2v) is 6.57. The molecule has 1 saturated heterocycles. The molecule has 2 heterocycles. The van der Waals surface area contributed by atoms with Gasteiger partial charge in [0.2, 0.25) is 0 Å². The lowest BCUT2D eigenvalue weighted by Crippen LogP contribution is -2.25. The maximum atomic E-state index is 13.6. The number of nitrogens with zero attached hydrogens (tertiary/aromatic N) is 2. The van der Waals surface area contributed by atoms with Crippen LogP contribution in [-0.4, -0.2) is 24.0 Å². The van der Waals surface area contributed by atoms with Crippen molar-refractivity contribution in [2.24, 2.45) is 0 Å². The zero-order chi connectivity index (χ0) is 17.6. The van der Waals surface area contributed by atoms with Crippen molar-refractivity contribution in [3.63, 3.8) is 0 Å². The van der Waals surface area contributed by atoms with Crippen molar-refractivity contribution in [2.75, 3.05) is 18.0 Å². The third-order valence-electron chi connectivity index (χ3n) is 4.63. The monoisotopic (exact) mass is 341 g/mol. The third kappa shape index (κ3) is 4.56. The minimum Gasteiger partial charge on any atom is -0.357 e. The Morgan fingerprint density at radius 1 is 1.16 bits per heavy atom. The average molecular weight is 341 g/mol. The molecule has 0 bridgehead atoms. The molecule has 1 aromatic carbocycles. The molecule has 0 atom stereocenters. The highest BCUT2D eigenvalue weighted by Crippen LogP contribution is 2.17. The summed E-state index contributed by atoms with van der Waals surface area (Å²) in [6.45, 7) is 4.17. The van der Waals surface area contributed by atoms with Gasteiger partial charge < -0.3 is 10.2 Å². The highest BCUT2D eigenvalue weighted by atomic mass is 19.1. The lowest BCUT2D eigenvalue weighted by atomic mass is 10.1. The largest absolute Gasteiger partial charge is 0.357 e. The summed E-state index contributed by atoms with van der Waals surface area (Å²) in [5.74, 6) is 0.351. The zero-order valence-electron chi connectivity index (χ0n) is 14.6. The number of carbonyl (C=O) groups excluding carboxylic acids is 1. The van der Waals surface area contributed by atoms with Crippen molar-refractivity contribution in [3.8, 4) is 0 Å². The summed E-state index contributed by atoms with van der Waals surface area (Å²) >= 11 is 0. The first kappa shape index (κ1) is 17.4. The van der Waals surface area contributed by atoms with Crippen LogP contribution < -0.4 is 10.2 Å². The number of hydrogen-bond acceptors (Lipinski definition) is 3. The topological polar surface area (TPSA) is 45.2 Å². The van der Waals surface area contributed by atoms with Crippen LogP contribution in [0.15, 0.2) is 36.5 Å². The van der Waals surface area contributed by atoms with Gasteiger partial charge in [-0.15, -0.1) is 0 Å². The number of nitrogens with one attached hydrogen (secondary N) is 1. The number of halogens is 1. The third-order valence-corrected chi connectivity index (χ3v) is 4.63. The van der Waals surface area contributed by atoms with Gasteiger partial charge in [0.15, 0.2) is 0 Å². The molecule has 1 amide bonds. The van der Waals surface area contributed by atoms with Gasteiger partial charge >= 0.3 is 0 Å². The van der Waals surface area contributed by atoms with Crippen molar-refractivity contribution >= 4 is 11.7 Å². The fourth-order valence-corrected chi connectivity index (χ4v) is 3.03. The van der Waals surface area contributed by atoms with E-state index in [-0.39, 0.29) is 11.7 Å². The molecule has 1 N–H and O–H groups in total. The summed E-state index contributed by atoms with van der Waals surface area (Å²) in [6, 6.07) is 8.52. The molecule has 0 aliphatic carbocycles. The van der Waals surface area contributed by atoms with Crippen LogP contribution in [0.25, 0.3) is 0 Å². The SMILES string of the molecule is Cc1ccc(C(=O)NCc2ccc(N3CCCCCC3)nc2)cc1F. The minimum absolute atomic E-state index is 0.282. The molecule has 1 aromatic heterocycles. The second kappa shape index (κ2) is 8.10. The molecule has 2 aromatic rings. The van der Waals surface area contributed by atoms with E-state index in [4.69, 9.17) is 0 Å². The van der Waals surface area contributed by atoms with Gasteiger partial charge in [0, 0.05) is 31.4 Å². The first-order valence-electron chi connectivity index (χ1n) is 8.88. The van der Waals surface area contributed by atoms with Crippen molar-refractivity contribution in [1.29, 1.82) is 0 Å². The molecule has 1 aliphatic heterocycles. The van der Waals surface area contributed by atoms with Gasteiger partial charge in [0.25, 0.3) is 5.91 Å². The molecule has 1 fully saturated rings. The van der Waals surface area contributed by atoms with E-state index in [0.29, 0.717) is 17.7 Å². The molecule has 1 aliphatic rings. The Hall–Kier alpha value is -2.43. The normalized spacial score (nSPS) is 14.9. The molecule has 4 nitrogen and oxygen atoms in total. The number of benzene rings is 1. The van der Waals surface area contributed by atoms with Crippen molar-refractivity contribution < 1.29 is 9.18 Å². The van der Waals surface area contributed by atoms with E-state index >= 15 is 0 Å². The van der Waals surface area contributed by atoms with Crippen LogP contribution >= 0.6 is 0 Å². The van der Waals surface area contributed by atoms with E-state index in [1.807, 2.05) is 12.1 Å². The molecule has 0 saturated carbocycles. The van der Waals surface area contributed by atoms with Crippen LogP contribution in [0.4, 0.5) is 10.2 Å². The zero-order valence-corrected chi connectivity index (χ0v) is 14.6. The fourth-order valence-electron chi connectivity index (χ4n) is 3.03. The number of pyridine rings is 1. The van der Waals surface area contributed by atoms with Crippen LogP contribution in [0, 0.1) is 12.7 Å². The standard InChI is InChI=1S/C20H24FN3O/c1-15-6-8-17(12-18(15)21)20(25)23-14-16-7-9-19(22-13-16)24-10-4-2-3-5-11-24/h6-9,12-13H,2-5,10-11,14H2,1H3,(H,23,25). The van der Waals surface area contributed by atoms with E-state index in [1.165, 1.54) is 31.7 Å². The molecule has 0 unspecified atom stereocenters. The van der Waals surface area contributed by atoms with E-state index in [9.17, 15) is 9.18 Å². The number of aryl methyl sites for hydroxylation is 1. The van der Waals surface area contributed by atoms with Gasteiger partial charge in [-0.2, -0.15) is 0 Å². The van der Waals surface area contributed by atoms with Crippen LogP contribution in [0.5, 0.6) is 0 Å². The number of aromatic nitrogens is 1. The Morgan fingerprint density at radius 2 is 1.92 bits per heavy atom. The number of hydrogen-bond donors (Lipinski definition) is 1. The number of carbonyl (C=O) groups is 1. The van der Waals surface area contributed by atoms with Gasteiger partial charge in [-0.3, -0.25) is 4.79 Å². The average Bonchev–Trinajstić information content (AvgIpc) is 2.92. The highest BCUT2D eigenvalue weighted by Gasteiger charge is 2.11. The van der Waals surface area contributed by atoms with Crippen molar-refractivity contribution in [3.05, 3.63) is 59.0 Å². The Bertz CT molecular complexity index is 722. The Kier molecular flexibility index (Phi) is 5.64. The first-order chi connectivity index (χ1) is 12.1. The van der Waals surface area contributed by atoms with E-state index in [1.54, 1.807) is 25.3 Å². The smallest absolute Gasteiger partial charge is 0.251 e. The highest BCUT2D eigenvalue weighted by molar-refractivity contribution is 5.94.